The van der Waals surface area contributed by atoms with E-state index in [1.807, 2.05) is 49.4 Å². The molecule has 1 saturated heterocycles. The molecule has 1 amide bonds. The molecule has 0 atom stereocenters. The largest absolute Gasteiger partial charge is 0.359 e. The van der Waals surface area contributed by atoms with Gasteiger partial charge in [-0.15, -0.1) is 0 Å². The highest BCUT2D eigenvalue weighted by molar-refractivity contribution is 6.33. The maximum atomic E-state index is 12.3. The van der Waals surface area contributed by atoms with Crippen molar-refractivity contribution in [1.82, 2.24) is 0 Å². The summed E-state index contributed by atoms with van der Waals surface area (Å²) in [6.07, 6.45) is 0. The summed E-state index contributed by atoms with van der Waals surface area (Å²) in [5, 5.41) is 4.41. The predicted molar refractivity (Wildman–Crippen MR) is 104 cm³/mol. The standard InChI is InChI=1S/C19H21Cl2N3O/c1-14-15(20)6-4-7-17(14)22-19(25)13-23-9-11-24(12-10-23)18-8-3-2-5-16(18)21/h2-8H,9-13H2,1H3,(H,22,25)/p+1. The van der Waals surface area contributed by atoms with Gasteiger partial charge in [-0.3, -0.25) is 4.79 Å². The molecule has 1 aliphatic heterocycles. The summed E-state index contributed by atoms with van der Waals surface area (Å²) in [6.45, 7) is 5.97. The summed E-state index contributed by atoms with van der Waals surface area (Å²) in [7, 11) is 0. The number of hydrogen-bond acceptors (Lipinski definition) is 2. The van der Waals surface area contributed by atoms with Crippen LogP contribution in [0.3, 0.4) is 0 Å². The number of amides is 1. The first-order valence-corrected chi connectivity index (χ1v) is 9.18. The Morgan fingerprint density at radius 1 is 1.08 bits per heavy atom. The molecule has 0 radical (unpaired) electrons. The minimum absolute atomic E-state index is 0.0200. The lowest BCUT2D eigenvalue weighted by Gasteiger charge is -2.33. The van der Waals surface area contributed by atoms with Crippen LogP contribution in [-0.4, -0.2) is 38.6 Å². The quantitative estimate of drug-likeness (QED) is 0.857. The maximum absolute atomic E-state index is 12.3. The van der Waals surface area contributed by atoms with E-state index in [-0.39, 0.29) is 5.91 Å². The Morgan fingerprint density at radius 2 is 1.76 bits per heavy atom. The lowest BCUT2D eigenvalue weighted by molar-refractivity contribution is -0.892. The maximum Gasteiger partial charge on any atom is 0.279 e. The van der Waals surface area contributed by atoms with E-state index >= 15 is 0 Å². The summed E-state index contributed by atoms with van der Waals surface area (Å²) < 4.78 is 0. The van der Waals surface area contributed by atoms with Crippen LogP contribution in [0.5, 0.6) is 0 Å². The highest BCUT2D eigenvalue weighted by atomic mass is 35.5. The first-order chi connectivity index (χ1) is 12.0. The molecule has 0 aromatic heterocycles. The molecule has 1 fully saturated rings. The van der Waals surface area contributed by atoms with Crippen LogP contribution in [0, 0.1) is 6.92 Å². The summed E-state index contributed by atoms with van der Waals surface area (Å²) in [4.78, 5) is 15.9. The average Bonchev–Trinajstić information content (AvgIpc) is 2.60. The van der Waals surface area contributed by atoms with E-state index in [1.54, 1.807) is 0 Å². The Bertz CT molecular complexity index is 758. The van der Waals surface area contributed by atoms with E-state index in [4.69, 9.17) is 23.2 Å². The number of rotatable bonds is 4. The van der Waals surface area contributed by atoms with Gasteiger partial charge in [0.05, 0.1) is 36.9 Å². The second kappa shape index (κ2) is 8.09. The molecule has 2 N–H and O–H groups in total. The SMILES string of the molecule is Cc1c(Cl)cccc1NC(=O)C[NH+]1CCN(c2ccccc2Cl)CC1. The van der Waals surface area contributed by atoms with Crippen molar-refractivity contribution in [2.45, 2.75) is 6.92 Å². The summed E-state index contributed by atoms with van der Waals surface area (Å²) in [5.74, 6) is 0.0200. The number of halogens is 2. The topological polar surface area (TPSA) is 36.8 Å². The lowest BCUT2D eigenvalue weighted by Crippen LogP contribution is -3.15. The van der Waals surface area contributed by atoms with Crippen molar-refractivity contribution in [1.29, 1.82) is 0 Å². The molecule has 0 aliphatic carbocycles. The molecule has 1 heterocycles. The molecule has 3 rings (SSSR count). The first-order valence-electron chi connectivity index (χ1n) is 8.42. The number of piperazine rings is 1. The van der Waals surface area contributed by atoms with Crippen LogP contribution in [0.1, 0.15) is 5.56 Å². The Hall–Kier alpha value is -1.75. The first kappa shape index (κ1) is 18.1. The molecule has 4 nitrogen and oxygen atoms in total. The molecular weight excluding hydrogens is 357 g/mol. The van der Waals surface area contributed by atoms with Gasteiger partial charge in [-0.05, 0) is 36.8 Å². The molecular formula is C19H22Cl2N3O+. The van der Waals surface area contributed by atoms with E-state index in [0.717, 1.165) is 48.1 Å². The van der Waals surface area contributed by atoms with Crippen molar-refractivity contribution < 1.29 is 9.69 Å². The Balaban J connectivity index is 1.53. The molecule has 1 aliphatic rings. The van der Waals surface area contributed by atoms with Crippen molar-refractivity contribution in [3.8, 4) is 0 Å². The van der Waals surface area contributed by atoms with Gasteiger partial charge in [0.2, 0.25) is 0 Å². The number of nitrogens with zero attached hydrogens (tertiary/aromatic N) is 1. The average molecular weight is 379 g/mol. The fraction of sp³-hybridized carbons (Fsp3) is 0.316. The van der Waals surface area contributed by atoms with Crippen LogP contribution in [0.2, 0.25) is 10.0 Å². The minimum atomic E-state index is 0.0200. The van der Waals surface area contributed by atoms with Crippen LogP contribution in [0.4, 0.5) is 11.4 Å². The number of hydrogen-bond donors (Lipinski definition) is 2. The van der Waals surface area contributed by atoms with Crippen molar-refractivity contribution in [2.24, 2.45) is 0 Å². The summed E-state index contributed by atoms with van der Waals surface area (Å²) >= 11 is 12.4. The third kappa shape index (κ3) is 4.46. The number of quaternary nitrogens is 1. The van der Waals surface area contributed by atoms with E-state index in [1.165, 1.54) is 4.90 Å². The summed E-state index contributed by atoms with van der Waals surface area (Å²) in [6, 6.07) is 13.4. The van der Waals surface area contributed by atoms with Crippen LogP contribution >= 0.6 is 23.2 Å². The van der Waals surface area contributed by atoms with E-state index in [0.29, 0.717) is 11.6 Å². The van der Waals surface area contributed by atoms with Gasteiger partial charge in [0, 0.05) is 10.7 Å². The number of nitrogens with one attached hydrogen (secondary N) is 2. The number of benzene rings is 2. The van der Waals surface area contributed by atoms with Crippen molar-refractivity contribution >= 4 is 40.5 Å². The Kier molecular flexibility index (Phi) is 5.84. The third-order valence-electron chi connectivity index (χ3n) is 4.62. The van der Waals surface area contributed by atoms with Gasteiger partial charge in [-0.1, -0.05) is 41.4 Å². The van der Waals surface area contributed by atoms with Crippen molar-refractivity contribution in [3.63, 3.8) is 0 Å². The van der Waals surface area contributed by atoms with Crippen LogP contribution in [0.15, 0.2) is 42.5 Å². The van der Waals surface area contributed by atoms with Gasteiger partial charge >= 0.3 is 0 Å². The highest BCUT2D eigenvalue weighted by Crippen LogP contribution is 2.25. The second-order valence-corrected chi connectivity index (χ2v) is 7.14. The van der Waals surface area contributed by atoms with Crippen LogP contribution in [-0.2, 0) is 4.79 Å². The molecule has 25 heavy (non-hydrogen) atoms. The molecule has 2 aromatic carbocycles. The fourth-order valence-corrected chi connectivity index (χ4v) is 3.54. The molecule has 0 spiro atoms. The molecule has 132 valence electrons. The number of para-hydroxylation sites is 1. The van der Waals surface area contributed by atoms with Crippen molar-refractivity contribution in [3.05, 3.63) is 58.1 Å². The number of carbonyl (C=O) groups excluding carboxylic acids is 1. The van der Waals surface area contributed by atoms with Gasteiger partial charge in [-0.2, -0.15) is 0 Å². The molecule has 0 bridgehead atoms. The normalized spacial score (nSPS) is 15.2. The van der Waals surface area contributed by atoms with Gasteiger partial charge < -0.3 is 15.1 Å². The van der Waals surface area contributed by atoms with Crippen molar-refractivity contribution in [2.75, 3.05) is 42.9 Å². The lowest BCUT2D eigenvalue weighted by atomic mass is 10.2. The van der Waals surface area contributed by atoms with E-state index in [9.17, 15) is 4.79 Å². The molecule has 2 aromatic rings. The summed E-state index contributed by atoms with van der Waals surface area (Å²) in [5.41, 5.74) is 2.75. The van der Waals surface area contributed by atoms with Gasteiger partial charge in [-0.25, -0.2) is 0 Å². The Morgan fingerprint density at radius 3 is 2.48 bits per heavy atom. The fourth-order valence-electron chi connectivity index (χ4n) is 3.11. The zero-order valence-corrected chi connectivity index (χ0v) is 15.7. The molecule has 0 saturated carbocycles. The van der Waals surface area contributed by atoms with E-state index in [2.05, 4.69) is 10.2 Å². The predicted octanol–water partition coefficient (Wildman–Crippen LogP) is 2.65. The monoisotopic (exact) mass is 378 g/mol. The third-order valence-corrected chi connectivity index (χ3v) is 5.35. The minimum Gasteiger partial charge on any atom is -0.359 e. The zero-order chi connectivity index (χ0) is 17.8. The highest BCUT2D eigenvalue weighted by Gasteiger charge is 2.23. The number of anilines is 2. The number of carbonyl (C=O) groups is 1. The van der Waals surface area contributed by atoms with Crippen LogP contribution in [0.25, 0.3) is 0 Å². The molecule has 6 heteroatoms. The van der Waals surface area contributed by atoms with E-state index < -0.39 is 0 Å². The Labute approximate surface area is 158 Å². The second-order valence-electron chi connectivity index (χ2n) is 6.33. The van der Waals surface area contributed by atoms with Crippen LogP contribution < -0.4 is 15.1 Å². The zero-order valence-electron chi connectivity index (χ0n) is 14.2. The van der Waals surface area contributed by atoms with Gasteiger partial charge in [0.15, 0.2) is 6.54 Å². The smallest absolute Gasteiger partial charge is 0.279 e. The molecule has 0 unspecified atom stereocenters. The van der Waals surface area contributed by atoms with Gasteiger partial charge in [0.1, 0.15) is 0 Å². The van der Waals surface area contributed by atoms with Gasteiger partial charge in [0.25, 0.3) is 5.91 Å².